The van der Waals surface area contributed by atoms with E-state index in [0.29, 0.717) is 0 Å². The second-order valence-corrected chi connectivity index (χ2v) is 4.01. The van der Waals surface area contributed by atoms with Crippen molar-refractivity contribution in [2.45, 2.75) is 12.8 Å². The number of pyridine rings is 1. The Labute approximate surface area is 88.6 Å². The molecule has 1 aliphatic rings. The van der Waals surface area contributed by atoms with Gasteiger partial charge in [-0.05, 0) is 25.0 Å². The van der Waals surface area contributed by atoms with Crippen LogP contribution >= 0.6 is 0 Å². The average Bonchev–Trinajstić information content (AvgIpc) is 3.09. The summed E-state index contributed by atoms with van der Waals surface area (Å²) in [7, 11) is 1.73. The lowest BCUT2D eigenvalue weighted by Crippen LogP contribution is -2.36. The molecular formula is C11H14N2O2. The highest BCUT2D eigenvalue weighted by atomic mass is 16.3. The van der Waals surface area contributed by atoms with Gasteiger partial charge in [0.1, 0.15) is 0 Å². The zero-order chi connectivity index (χ0) is 10.9. The van der Waals surface area contributed by atoms with Crippen molar-refractivity contribution in [2.75, 3.05) is 18.6 Å². The molecule has 0 radical (unpaired) electrons. The Bertz CT molecular complexity index is 360. The molecule has 4 nitrogen and oxygen atoms in total. The Kier molecular flexibility index (Phi) is 2.44. The first-order chi connectivity index (χ1) is 7.19. The molecule has 0 atom stereocenters. The van der Waals surface area contributed by atoms with Crippen LogP contribution in [-0.2, 0) is 4.79 Å². The number of aliphatic hydroxyl groups is 1. The maximum Gasteiger partial charge on any atom is 0.235 e. The molecule has 4 heteroatoms. The first-order valence-corrected chi connectivity index (χ1v) is 4.99. The van der Waals surface area contributed by atoms with E-state index in [0.717, 1.165) is 18.5 Å². The standard InChI is InChI=1S/C11H14N2O2/c1-13(9-2-6-12-7-3-9)10(15)11(8-14)4-5-11/h2-3,6-7,14H,4-5,8H2,1H3. The van der Waals surface area contributed by atoms with E-state index in [9.17, 15) is 4.79 Å². The quantitative estimate of drug-likeness (QED) is 0.796. The maximum atomic E-state index is 12.0. The van der Waals surface area contributed by atoms with Crippen molar-refractivity contribution < 1.29 is 9.90 Å². The Morgan fingerprint density at radius 1 is 1.53 bits per heavy atom. The van der Waals surface area contributed by atoms with Crippen LogP contribution < -0.4 is 4.90 Å². The van der Waals surface area contributed by atoms with Crippen molar-refractivity contribution in [2.24, 2.45) is 5.41 Å². The highest BCUT2D eigenvalue weighted by molar-refractivity contribution is 5.98. The fourth-order valence-corrected chi connectivity index (χ4v) is 1.63. The SMILES string of the molecule is CN(C(=O)C1(CO)CC1)c1ccncc1. The van der Waals surface area contributed by atoms with Crippen LogP contribution in [0.15, 0.2) is 24.5 Å². The first kappa shape index (κ1) is 10.1. The van der Waals surface area contributed by atoms with Crippen LogP contribution in [0.3, 0.4) is 0 Å². The molecule has 1 aromatic rings. The number of nitrogens with zero attached hydrogens (tertiary/aromatic N) is 2. The third kappa shape index (κ3) is 1.72. The van der Waals surface area contributed by atoms with Gasteiger partial charge in [0.2, 0.25) is 5.91 Å². The van der Waals surface area contributed by atoms with Crippen LogP contribution in [0, 0.1) is 5.41 Å². The molecule has 0 saturated heterocycles. The highest BCUT2D eigenvalue weighted by Crippen LogP contribution is 2.46. The smallest absolute Gasteiger partial charge is 0.235 e. The predicted octanol–water partition coefficient (Wildman–Crippen LogP) is 0.817. The molecule has 1 heterocycles. The van der Waals surface area contributed by atoms with Crippen LogP contribution in [0.4, 0.5) is 5.69 Å². The fourth-order valence-electron chi connectivity index (χ4n) is 1.63. The summed E-state index contributed by atoms with van der Waals surface area (Å²) >= 11 is 0. The van der Waals surface area contributed by atoms with Gasteiger partial charge in [-0.2, -0.15) is 0 Å². The van der Waals surface area contributed by atoms with Crippen molar-refractivity contribution in [1.29, 1.82) is 0 Å². The molecule has 1 fully saturated rings. The molecular weight excluding hydrogens is 192 g/mol. The van der Waals surface area contributed by atoms with Crippen molar-refractivity contribution in [1.82, 2.24) is 4.98 Å². The molecule has 0 bridgehead atoms. The molecule has 0 spiro atoms. The van der Waals surface area contributed by atoms with E-state index in [2.05, 4.69) is 4.98 Å². The number of aromatic nitrogens is 1. The topological polar surface area (TPSA) is 53.4 Å². The summed E-state index contributed by atoms with van der Waals surface area (Å²) in [6.07, 6.45) is 4.88. The van der Waals surface area contributed by atoms with Gasteiger partial charge in [0.25, 0.3) is 0 Å². The molecule has 1 aromatic heterocycles. The van der Waals surface area contributed by atoms with Gasteiger partial charge in [-0.25, -0.2) is 0 Å². The van der Waals surface area contributed by atoms with E-state index in [1.807, 2.05) is 0 Å². The summed E-state index contributed by atoms with van der Waals surface area (Å²) < 4.78 is 0. The number of rotatable bonds is 3. The minimum Gasteiger partial charge on any atom is -0.395 e. The number of carbonyl (C=O) groups excluding carboxylic acids is 1. The molecule has 1 saturated carbocycles. The number of hydrogen-bond donors (Lipinski definition) is 1. The molecule has 1 amide bonds. The molecule has 1 aliphatic carbocycles. The Balaban J connectivity index is 2.15. The summed E-state index contributed by atoms with van der Waals surface area (Å²) in [4.78, 5) is 17.5. The summed E-state index contributed by atoms with van der Waals surface area (Å²) in [6.45, 7) is -0.0543. The number of amides is 1. The summed E-state index contributed by atoms with van der Waals surface area (Å²) in [5, 5.41) is 9.16. The highest BCUT2D eigenvalue weighted by Gasteiger charge is 2.50. The molecule has 15 heavy (non-hydrogen) atoms. The number of anilines is 1. The Morgan fingerprint density at radius 3 is 2.60 bits per heavy atom. The zero-order valence-electron chi connectivity index (χ0n) is 8.68. The minimum atomic E-state index is -0.502. The van der Waals surface area contributed by atoms with Gasteiger partial charge in [0, 0.05) is 25.1 Å². The van der Waals surface area contributed by atoms with Gasteiger partial charge < -0.3 is 10.0 Å². The van der Waals surface area contributed by atoms with Crippen molar-refractivity contribution in [3.63, 3.8) is 0 Å². The van der Waals surface area contributed by atoms with Crippen LogP contribution in [0.25, 0.3) is 0 Å². The van der Waals surface area contributed by atoms with Crippen molar-refractivity contribution in [3.05, 3.63) is 24.5 Å². The largest absolute Gasteiger partial charge is 0.395 e. The second kappa shape index (κ2) is 3.62. The number of hydrogen-bond acceptors (Lipinski definition) is 3. The number of carbonyl (C=O) groups is 1. The van der Waals surface area contributed by atoms with Crippen LogP contribution in [-0.4, -0.2) is 29.7 Å². The van der Waals surface area contributed by atoms with E-state index >= 15 is 0 Å². The summed E-state index contributed by atoms with van der Waals surface area (Å²) in [6, 6.07) is 3.57. The number of aliphatic hydroxyl groups excluding tert-OH is 1. The van der Waals surface area contributed by atoms with Gasteiger partial charge in [0.15, 0.2) is 0 Å². The van der Waals surface area contributed by atoms with E-state index < -0.39 is 5.41 Å². The van der Waals surface area contributed by atoms with E-state index in [1.165, 1.54) is 0 Å². The zero-order valence-corrected chi connectivity index (χ0v) is 8.68. The van der Waals surface area contributed by atoms with Crippen LogP contribution in [0.5, 0.6) is 0 Å². The Hall–Kier alpha value is -1.42. The van der Waals surface area contributed by atoms with Gasteiger partial charge in [-0.15, -0.1) is 0 Å². The normalized spacial score (nSPS) is 17.2. The van der Waals surface area contributed by atoms with E-state index in [1.54, 1.807) is 36.5 Å². The monoisotopic (exact) mass is 206 g/mol. The summed E-state index contributed by atoms with van der Waals surface area (Å²) in [5.74, 6) is -0.00352. The van der Waals surface area contributed by atoms with Gasteiger partial charge in [-0.3, -0.25) is 9.78 Å². The second-order valence-electron chi connectivity index (χ2n) is 4.01. The lowest BCUT2D eigenvalue weighted by atomic mass is 10.1. The molecule has 80 valence electrons. The van der Waals surface area contributed by atoms with Crippen molar-refractivity contribution in [3.8, 4) is 0 Å². The lowest BCUT2D eigenvalue weighted by molar-refractivity contribution is -0.124. The molecule has 0 aliphatic heterocycles. The predicted molar refractivity (Wildman–Crippen MR) is 56.4 cm³/mol. The molecule has 2 rings (SSSR count). The van der Waals surface area contributed by atoms with E-state index in [4.69, 9.17) is 5.11 Å². The lowest BCUT2D eigenvalue weighted by Gasteiger charge is -2.21. The average molecular weight is 206 g/mol. The first-order valence-electron chi connectivity index (χ1n) is 4.99. The third-order valence-corrected chi connectivity index (χ3v) is 2.96. The molecule has 1 N–H and O–H groups in total. The Morgan fingerprint density at radius 2 is 2.13 bits per heavy atom. The van der Waals surface area contributed by atoms with Crippen LogP contribution in [0.1, 0.15) is 12.8 Å². The van der Waals surface area contributed by atoms with E-state index in [-0.39, 0.29) is 12.5 Å². The fraction of sp³-hybridized carbons (Fsp3) is 0.455. The van der Waals surface area contributed by atoms with Gasteiger partial charge in [0.05, 0.1) is 12.0 Å². The van der Waals surface area contributed by atoms with Crippen LogP contribution in [0.2, 0.25) is 0 Å². The summed E-state index contributed by atoms with van der Waals surface area (Å²) in [5.41, 5.74) is 0.313. The molecule has 0 aromatic carbocycles. The van der Waals surface area contributed by atoms with Crippen molar-refractivity contribution >= 4 is 11.6 Å². The minimum absolute atomic E-state index is 0.00352. The van der Waals surface area contributed by atoms with Gasteiger partial charge >= 0.3 is 0 Å². The third-order valence-electron chi connectivity index (χ3n) is 2.96. The molecule has 0 unspecified atom stereocenters. The maximum absolute atomic E-state index is 12.0. The van der Waals surface area contributed by atoms with Gasteiger partial charge in [-0.1, -0.05) is 0 Å².